The first kappa shape index (κ1) is 27.6. The van der Waals surface area contributed by atoms with E-state index in [4.69, 9.17) is 0 Å². The average molecular weight is 562 g/mol. The zero-order valence-corrected chi connectivity index (χ0v) is 22.1. The van der Waals surface area contributed by atoms with E-state index in [1.165, 1.54) is 17.9 Å². The first-order valence-corrected chi connectivity index (χ1v) is 12.9. The lowest BCUT2D eigenvalue weighted by Gasteiger charge is -2.38. The van der Waals surface area contributed by atoms with Gasteiger partial charge in [0.2, 0.25) is 5.91 Å². The first-order chi connectivity index (χ1) is 19.6. The molecule has 0 fully saturated rings. The number of benzene rings is 3. The SMILES string of the molecule is CCN1C(=O)[C@@H](NC(=O)c2cccc(C(F)(F)F)c2)[C@H](c2ccccc2NC(C)=O)c2cnn(-c3ccccc3)c21. The molecule has 0 unspecified atom stereocenters. The van der Waals surface area contributed by atoms with Gasteiger partial charge in [-0.2, -0.15) is 18.3 Å². The molecule has 1 aliphatic heterocycles. The maximum atomic E-state index is 14.1. The third kappa shape index (κ3) is 5.30. The largest absolute Gasteiger partial charge is 0.416 e. The number of nitrogens with one attached hydrogen (secondary N) is 2. The summed E-state index contributed by atoms with van der Waals surface area (Å²) in [7, 11) is 0. The van der Waals surface area contributed by atoms with Gasteiger partial charge in [-0.1, -0.05) is 42.5 Å². The fourth-order valence-corrected chi connectivity index (χ4v) is 5.13. The molecule has 41 heavy (non-hydrogen) atoms. The second kappa shape index (κ2) is 10.9. The molecule has 0 radical (unpaired) electrons. The maximum absolute atomic E-state index is 14.1. The second-order valence-electron chi connectivity index (χ2n) is 9.53. The number of amides is 3. The third-order valence-electron chi connectivity index (χ3n) is 6.89. The number of carbonyl (C=O) groups is 3. The number of nitrogens with zero attached hydrogens (tertiary/aromatic N) is 3. The Bertz CT molecular complexity index is 1620. The highest BCUT2D eigenvalue weighted by Crippen LogP contribution is 2.43. The van der Waals surface area contributed by atoms with E-state index in [-0.39, 0.29) is 18.0 Å². The smallest absolute Gasteiger partial charge is 0.339 e. The fraction of sp³-hybridized carbons (Fsp3) is 0.200. The number of alkyl halides is 3. The third-order valence-corrected chi connectivity index (χ3v) is 6.89. The molecule has 8 nitrogen and oxygen atoms in total. The second-order valence-corrected chi connectivity index (χ2v) is 9.53. The van der Waals surface area contributed by atoms with Crippen molar-refractivity contribution in [3.63, 3.8) is 0 Å². The van der Waals surface area contributed by atoms with Gasteiger partial charge in [-0.15, -0.1) is 0 Å². The predicted molar refractivity (Wildman–Crippen MR) is 147 cm³/mol. The summed E-state index contributed by atoms with van der Waals surface area (Å²) in [5.74, 6) is -1.97. The Balaban J connectivity index is 1.66. The molecule has 0 bridgehead atoms. The van der Waals surface area contributed by atoms with Crippen molar-refractivity contribution in [2.45, 2.75) is 32.0 Å². The van der Waals surface area contributed by atoms with Crippen LogP contribution >= 0.6 is 0 Å². The molecular formula is C30H26F3N5O3. The Kier molecular flexibility index (Phi) is 7.36. The van der Waals surface area contributed by atoms with E-state index >= 15 is 0 Å². The Hall–Kier alpha value is -4.93. The highest BCUT2D eigenvalue weighted by Gasteiger charge is 2.45. The van der Waals surface area contributed by atoms with Crippen LogP contribution in [0.2, 0.25) is 0 Å². The van der Waals surface area contributed by atoms with Crippen molar-refractivity contribution in [2.24, 2.45) is 0 Å². The van der Waals surface area contributed by atoms with Gasteiger partial charge in [-0.3, -0.25) is 19.3 Å². The molecule has 0 aliphatic carbocycles. The van der Waals surface area contributed by atoms with E-state index in [1.54, 1.807) is 42.1 Å². The standard InChI is InChI=1S/C30H26F3N5O3/c1-3-37-28-23(17-34-38(28)21-12-5-4-6-13-21)25(22-14-7-8-15-24(22)35-18(2)39)26(29(37)41)36-27(40)19-10-9-11-20(16-19)30(31,32)33/h4-17,25-26H,3H2,1-2H3,(H,35,39)(H,36,40)/t25-,26+/m1/s1. The number of para-hydroxylation sites is 2. The number of likely N-dealkylation sites (N-methyl/N-ethyl adjacent to an activating group) is 1. The van der Waals surface area contributed by atoms with Crippen LogP contribution in [-0.2, 0) is 15.8 Å². The van der Waals surface area contributed by atoms with Gasteiger partial charge >= 0.3 is 6.18 Å². The summed E-state index contributed by atoms with van der Waals surface area (Å²) >= 11 is 0. The number of fused-ring (bicyclic) bond motifs is 1. The Morgan fingerprint density at radius 1 is 0.951 bits per heavy atom. The molecule has 0 saturated carbocycles. The van der Waals surface area contributed by atoms with Gasteiger partial charge in [0, 0.05) is 36.2 Å². The summed E-state index contributed by atoms with van der Waals surface area (Å²) in [5.41, 5.74) is 1.06. The summed E-state index contributed by atoms with van der Waals surface area (Å²) in [6.07, 6.45) is -3.03. The van der Waals surface area contributed by atoms with Crippen LogP contribution in [-0.4, -0.2) is 40.1 Å². The minimum absolute atomic E-state index is 0.236. The average Bonchev–Trinajstić information content (AvgIpc) is 3.38. The Labute approximate surface area is 233 Å². The van der Waals surface area contributed by atoms with Crippen molar-refractivity contribution in [1.29, 1.82) is 0 Å². The highest BCUT2D eigenvalue weighted by molar-refractivity contribution is 6.05. The molecule has 1 aromatic heterocycles. The fourth-order valence-electron chi connectivity index (χ4n) is 5.13. The summed E-state index contributed by atoms with van der Waals surface area (Å²) in [6, 6.07) is 18.9. The molecule has 11 heteroatoms. The van der Waals surface area contributed by atoms with E-state index in [1.807, 2.05) is 30.3 Å². The Morgan fingerprint density at radius 3 is 2.34 bits per heavy atom. The minimum Gasteiger partial charge on any atom is -0.339 e. The summed E-state index contributed by atoms with van der Waals surface area (Å²) < 4.78 is 41.7. The van der Waals surface area contributed by atoms with Gasteiger partial charge in [0.1, 0.15) is 11.9 Å². The molecular weight excluding hydrogens is 535 g/mol. The number of rotatable bonds is 6. The quantitative estimate of drug-likeness (QED) is 0.341. The number of hydrogen-bond acceptors (Lipinski definition) is 4. The lowest BCUT2D eigenvalue weighted by atomic mass is 9.81. The van der Waals surface area contributed by atoms with Gasteiger partial charge in [0.25, 0.3) is 11.8 Å². The van der Waals surface area contributed by atoms with Crippen molar-refractivity contribution in [3.8, 4) is 5.69 Å². The normalized spacial score (nSPS) is 16.7. The van der Waals surface area contributed by atoms with Crippen molar-refractivity contribution < 1.29 is 27.6 Å². The molecule has 210 valence electrons. The van der Waals surface area contributed by atoms with E-state index in [2.05, 4.69) is 15.7 Å². The molecule has 0 spiro atoms. The lowest BCUT2D eigenvalue weighted by Crippen LogP contribution is -2.55. The van der Waals surface area contributed by atoms with E-state index in [9.17, 15) is 27.6 Å². The molecule has 3 amide bonds. The van der Waals surface area contributed by atoms with Crippen LogP contribution in [0.5, 0.6) is 0 Å². The van der Waals surface area contributed by atoms with E-state index in [0.717, 1.165) is 18.2 Å². The minimum atomic E-state index is -4.64. The highest BCUT2D eigenvalue weighted by atomic mass is 19.4. The number of halogens is 3. The van der Waals surface area contributed by atoms with Crippen LogP contribution in [0.15, 0.2) is 85.1 Å². The molecule has 2 heterocycles. The molecule has 0 saturated heterocycles. The van der Waals surface area contributed by atoms with Crippen LogP contribution in [0.3, 0.4) is 0 Å². The predicted octanol–water partition coefficient (Wildman–Crippen LogP) is 5.15. The molecule has 2 atom stereocenters. The van der Waals surface area contributed by atoms with Gasteiger partial charge in [-0.25, -0.2) is 4.68 Å². The van der Waals surface area contributed by atoms with Crippen LogP contribution < -0.4 is 15.5 Å². The summed E-state index contributed by atoms with van der Waals surface area (Å²) in [5, 5.41) is 10.1. The lowest BCUT2D eigenvalue weighted by molar-refractivity contribution is -0.137. The van der Waals surface area contributed by atoms with Gasteiger partial charge in [0.05, 0.1) is 17.4 Å². The van der Waals surface area contributed by atoms with Crippen molar-refractivity contribution in [3.05, 3.63) is 107 Å². The van der Waals surface area contributed by atoms with Crippen molar-refractivity contribution in [2.75, 3.05) is 16.8 Å². The zero-order chi connectivity index (χ0) is 29.3. The van der Waals surface area contributed by atoms with Crippen LogP contribution in [0.4, 0.5) is 24.7 Å². The van der Waals surface area contributed by atoms with Crippen LogP contribution in [0, 0.1) is 0 Å². The van der Waals surface area contributed by atoms with Crippen molar-refractivity contribution in [1.82, 2.24) is 15.1 Å². The molecule has 5 rings (SSSR count). The zero-order valence-electron chi connectivity index (χ0n) is 22.1. The monoisotopic (exact) mass is 561 g/mol. The van der Waals surface area contributed by atoms with E-state index in [0.29, 0.717) is 28.3 Å². The molecule has 2 N–H and O–H groups in total. The van der Waals surface area contributed by atoms with Gasteiger partial charge in [-0.05, 0) is 48.9 Å². The van der Waals surface area contributed by atoms with Crippen molar-refractivity contribution >= 4 is 29.2 Å². The number of hydrogen-bond donors (Lipinski definition) is 2. The number of aromatic nitrogens is 2. The molecule has 3 aromatic carbocycles. The number of carbonyl (C=O) groups excluding carboxylic acids is 3. The van der Waals surface area contributed by atoms with Gasteiger partial charge < -0.3 is 10.6 Å². The van der Waals surface area contributed by atoms with Crippen LogP contribution in [0.1, 0.15) is 46.8 Å². The van der Waals surface area contributed by atoms with E-state index < -0.39 is 35.5 Å². The Morgan fingerprint density at radius 2 is 1.66 bits per heavy atom. The summed E-state index contributed by atoms with van der Waals surface area (Å²) in [4.78, 5) is 41.0. The van der Waals surface area contributed by atoms with Crippen LogP contribution in [0.25, 0.3) is 5.69 Å². The first-order valence-electron chi connectivity index (χ1n) is 12.9. The van der Waals surface area contributed by atoms with Gasteiger partial charge in [0.15, 0.2) is 0 Å². The summed E-state index contributed by atoms with van der Waals surface area (Å²) in [6.45, 7) is 3.37. The molecule has 4 aromatic rings. The topological polar surface area (TPSA) is 96.3 Å². The molecule has 1 aliphatic rings. The maximum Gasteiger partial charge on any atom is 0.416 e. The number of anilines is 2.